The highest BCUT2D eigenvalue weighted by atomic mass is 16.1. The number of anilines is 1. The van der Waals surface area contributed by atoms with Crippen LogP contribution in [0, 0.1) is 0 Å². The van der Waals surface area contributed by atoms with Crippen molar-refractivity contribution < 1.29 is 4.79 Å². The molecular weight excluding hydrogens is 192 g/mol. The summed E-state index contributed by atoms with van der Waals surface area (Å²) in [6.07, 6.45) is 3.01. The zero-order chi connectivity index (χ0) is 10.8. The van der Waals surface area contributed by atoms with E-state index in [0.29, 0.717) is 11.3 Å². The normalized spacial score (nSPS) is 10.2. The fourth-order valence-electron chi connectivity index (χ4n) is 1.35. The molecule has 0 saturated carbocycles. The van der Waals surface area contributed by atoms with E-state index in [0.717, 1.165) is 5.69 Å². The van der Waals surface area contributed by atoms with Crippen molar-refractivity contribution in [3.8, 4) is 5.69 Å². The Balaban J connectivity index is 2.47. The first-order chi connectivity index (χ1) is 7.18. The van der Waals surface area contributed by atoms with Crippen LogP contribution in [0.25, 0.3) is 5.69 Å². The van der Waals surface area contributed by atoms with Crippen LogP contribution in [-0.4, -0.2) is 20.5 Å². The van der Waals surface area contributed by atoms with Crippen LogP contribution in [0.3, 0.4) is 0 Å². The number of benzene rings is 1. The molecule has 1 aromatic carbocycles. The molecule has 0 aliphatic heterocycles. The number of Topliss-reactive ketones (excluding diaryl/α,β-unsaturated/α-hetero) is 1. The van der Waals surface area contributed by atoms with Crippen LogP contribution in [0.5, 0.6) is 0 Å². The Bertz CT molecular complexity index is 490. The van der Waals surface area contributed by atoms with Gasteiger partial charge in [0, 0.05) is 11.3 Å². The molecule has 0 atom stereocenters. The molecular formula is C10H10N4O. The summed E-state index contributed by atoms with van der Waals surface area (Å²) in [6, 6.07) is 5.17. The summed E-state index contributed by atoms with van der Waals surface area (Å²) in [5.41, 5.74) is 7.51. The van der Waals surface area contributed by atoms with Gasteiger partial charge in [-0.25, -0.2) is 9.67 Å². The maximum Gasteiger partial charge on any atom is 0.161 e. The Labute approximate surface area is 86.5 Å². The van der Waals surface area contributed by atoms with Crippen molar-refractivity contribution in [2.75, 3.05) is 5.73 Å². The van der Waals surface area contributed by atoms with Crippen LogP contribution in [0.2, 0.25) is 0 Å². The first-order valence-corrected chi connectivity index (χ1v) is 4.44. The predicted molar refractivity (Wildman–Crippen MR) is 55.8 cm³/mol. The zero-order valence-corrected chi connectivity index (χ0v) is 8.21. The molecule has 0 spiro atoms. The Hall–Kier alpha value is -2.17. The third-order valence-electron chi connectivity index (χ3n) is 2.10. The highest BCUT2D eigenvalue weighted by molar-refractivity contribution is 5.99. The fourth-order valence-corrected chi connectivity index (χ4v) is 1.35. The average molecular weight is 202 g/mol. The third kappa shape index (κ3) is 1.71. The van der Waals surface area contributed by atoms with Gasteiger partial charge in [0.05, 0.1) is 5.69 Å². The maximum absolute atomic E-state index is 11.1. The van der Waals surface area contributed by atoms with Crippen LogP contribution in [0.15, 0.2) is 30.9 Å². The Morgan fingerprint density at radius 1 is 1.47 bits per heavy atom. The summed E-state index contributed by atoms with van der Waals surface area (Å²) in [5.74, 6) is -0.0439. The van der Waals surface area contributed by atoms with Crippen molar-refractivity contribution >= 4 is 11.5 Å². The average Bonchev–Trinajstić information content (AvgIpc) is 2.69. The molecule has 2 N–H and O–H groups in total. The van der Waals surface area contributed by atoms with E-state index in [4.69, 9.17) is 5.73 Å². The summed E-state index contributed by atoms with van der Waals surface area (Å²) in [4.78, 5) is 15.0. The third-order valence-corrected chi connectivity index (χ3v) is 2.10. The zero-order valence-electron chi connectivity index (χ0n) is 8.21. The number of rotatable bonds is 2. The van der Waals surface area contributed by atoms with Crippen LogP contribution in [-0.2, 0) is 0 Å². The Kier molecular flexibility index (Phi) is 2.21. The highest BCUT2D eigenvalue weighted by Gasteiger charge is 2.06. The summed E-state index contributed by atoms with van der Waals surface area (Å²) in [7, 11) is 0. The van der Waals surface area contributed by atoms with Gasteiger partial charge in [-0.3, -0.25) is 4.79 Å². The highest BCUT2D eigenvalue weighted by Crippen LogP contribution is 2.16. The molecule has 2 aromatic rings. The molecule has 0 radical (unpaired) electrons. The molecule has 0 aliphatic carbocycles. The lowest BCUT2D eigenvalue weighted by Crippen LogP contribution is -2.02. The number of hydrogen-bond donors (Lipinski definition) is 1. The minimum absolute atomic E-state index is 0.0439. The number of carbonyl (C=O) groups excluding carboxylic acids is 1. The maximum atomic E-state index is 11.1. The summed E-state index contributed by atoms with van der Waals surface area (Å²) >= 11 is 0. The van der Waals surface area contributed by atoms with Gasteiger partial charge < -0.3 is 5.73 Å². The second-order valence-corrected chi connectivity index (χ2v) is 3.17. The van der Waals surface area contributed by atoms with Gasteiger partial charge in [0.25, 0.3) is 0 Å². The monoisotopic (exact) mass is 202 g/mol. The largest absolute Gasteiger partial charge is 0.398 e. The smallest absolute Gasteiger partial charge is 0.161 e. The molecule has 0 unspecified atom stereocenters. The molecule has 0 fully saturated rings. The molecule has 5 heteroatoms. The first-order valence-electron chi connectivity index (χ1n) is 4.44. The van der Waals surface area contributed by atoms with E-state index in [2.05, 4.69) is 10.1 Å². The molecule has 0 bridgehead atoms. The summed E-state index contributed by atoms with van der Waals surface area (Å²) in [6.45, 7) is 1.49. The number of nitrogens with zero attached hydrogens (tertiary/aromatic N) is 3. The lowest BCUT2D eigenvalue weighted by Gasteiger charge is -2.05. The predicted octanol–water partition coefficient (Wildman–Crippen LogP) is 1.05. The molecule has 0 saturated heterocycles. The number of aromatic nitrogens is 3. The second kappa shape index (κ2) is 3.53. The standard InChI is InChI=1S/C10H10N4O/c1-7(15)9-3-2-8(4-10(9)11)14-6-12-5-13-14/h2-6H,11H2,1H3. The van der Waals surface area contributed by atoms with Crippen molar-refractivity contribution in [1.82, 2.24) is 14.8 Å². The molecule has 0 amide bonds. The lowest BCUT2D eigenvalue weighted by atomic mass is 10.1. The van der Waals surface area contributed by atoms with E-state index in [-0.39, 0.29) is 5.78 Å². The molecule has 2 rings (SSSR count). The molecule has 0 aliphatic rings. The van der Waals surface area contributed by atoms with Crippen LogP contribution in [0.4, 0.5) is 5.69 Å². The van der Waals surface area contributed by atoms with Gasteiger partial charge >= 0.3 is 0 Å². The van der Waals surface area contributed by atoms with Gasteiger partial charge in [0.1, 0.15) is 12.7 Å². The second-order valence-electron chi connectivity index (χ2n) is 3.17. The van der Waals surface area contributed by atoms with Crippen LogP contribution in [0.1, 0.15) is 17.3 Å². The van der Waals surface area contributed by atoms with E-state index >= 15 is 0 Å². The summed E-state index contributed by atoms with van der Waals surface area (Å²) in [5, 5.41) is 3.97. The van der Waals surface area contributed by atoms with Gasteiger partial charge in [0.15, 0.2) is 5.78 Å². The topological polar surface area (TPSA) is 73.8 Å². The molecule has 5 nitrogen and oxygen atoms in total. The first kappa shape index (κ1) is 9.39. The van der Waals surface area contributed by atoms with Gasteiger partial charge in [-0.15, -0.1) is 0 Å². The van der Waals surface area contributed by atoms with Crippen LogP contribution < -0.4 is 5.73 Å². The summed E-state index contributed by atoms with van der Waals surface area (Å²) < 4.78 is 1.58. The Morgan fingerprint density at radius 3 is 2.80 bits per heavy atom. The minimum Gasteiger partial charge on any atom is -0.398 e. The number of nitrogens with two attached hydrogens (primary N) is 1. The number of hydrogen-bond acceptors (Lipinski definition) is 4. The van der Waals surface area contributed by atoms with Gasteiger partial charge in [-0.1, -0.05) is 0 Å². The molecule has 15 heavy (non-hydrogen) atoms. The lowest BCUT2D eigenvalue weighted by molar-refractivity contribution is 0.101. The molecule has 1 aromatic heterocycles. The van der Waals surface area contributed by atoms with E-state index in [9.17, 15) is 4.79 Å². The molecule has 76 valence electrons. The van der Waals surface area contributed by atoms with Crippen molar-refractivity contribution in [3.63, 3.8) is 0 Å². The Morgan fingerprint density at radius 2 is 2.27 bits per heavy atom. The number of carbonyl (C=O) groups is 1. The quantitative estimate of drug-likeness (QED) is 0.583. The van der Waals surface area contributed by atoms with Gasteiger partial charge in [-0.05, 0) is 25.1 Å². The number of nitrogen functional groups attached to an aromatic ring is 1. The van der Waals surface area contributed by atoms with Crippen LogP contribution >= 0.6 is 0 Å². The van der Waals surface area contributed by atoms with Crippen molar-refractivity contribution in [1.29, 1.82) is 0 Å². The fraction of sp³-hybridized carbons (Fsp3) is 0.100. The SMILES string of the molecule is CC(=O)c1ccc(-n2cncn2)cc1N. The van der Waals surface area contributed by atoms with E-state index in [1.165, 1.54) is 13.3 Å². The van der Waals surface area contributed by atoms with E-state index < -0.39 is 0 Å². The number of ketones is 1. The van der Waals surface area contributed by atoms with Crippen molar-refractivity contribution in [3.05, 3.63) is 36.4 Å². The minimum atomic E-state index is -0.0439. The van der Waals surface area contributed by atoms with Gasteiger partial charge in [-0.2, -0.15) is 5.10 Å². The van der Waals surface area contributed by atoms with E-state index in [1.807, 2.05) is 0 Å². The van der Waals surface area contributed by atoms with Crippen molar-refractivity contribution in [2.24, 2.45) is 0 Å². The van der Waals surface area contributed by atoms with E-state index in [1.54, 1.807) is 29.2 Å². The molecule has 1 heterocycles. The van der Waals surface area contributed by atoms with Gasteiger partial charge in [0.2, 0.25) is 0 Å². The van der Waals surface area contributed by atoms with Crippen molar-refractivity contribution in [2.45, 2.75) is 6.92 Å².